The molecular formula is C22H10Cl4FN3O5. The SMILES string of the molecule is O=C(c1cccc([N+](=O)[O-])c1)N(Cc1ccccc1F)N1C(=O)c2c(Cl)c(Cl)c(Cl)c(Cl)c2C1=O. The number of nitrogens with zero attached hydrogens (tertiary/aromatic N) is 3. The molecule has 0 N–H and O–H groups in total. The first kappa shape index (κ1) is 24.9. The van der Waals surface area contributed by atoms with Gasteiger partial charge < -0.3 is 0 Å². The predicted molar refractivity (Wildman–Crippen MR) is 126 cm³/mol. The number of rotatable bonds is 5. The molecule has 8 nitrogen and oxygen atoms in total. The molecule has 178 valence electrons. The Bertz CT molecular complexity index is 1400. The summed E-state index contributed by atoms with van der Waals surface area (Å²) in [5, 5.41) is 11.0. The summed E-state index contributed by atoms with van der Waals surface area (Å²) in [4.78, 5) is 50.6. The summed E-state index contributed by atoms with van der Waals surface area (Å²) in [7, 11) is 0. The zero-order valence-electron chi connectivity index (χ0n) is 17.1. The molecule has 35 heavy (non-hydrogen) atoms. The molecule has 1 aliphatic rings. The van der Waals surface area contributed by atoms with Crippen LogP contribution in [0.25, 0.3) is 0 Å². The van der Waals surface area contributed by atoms with Gasteiger partial charge in [0.25, 0.3) is 23.4 Å². The third-order valence-electron chi connectivity index (χ3n) is 5.14. The van der Waals surface area contributed by atoms with Crippen molar-refractivity contribution in [1.29, 1.82) is 0 Å². The quantitative estimate of drug-likeness (QED) is 0.122. The number of nitro benzene ring substituents is 1. The topological polar surface area (TPSA) is 101 Å². The van der Waals surface area contributed by atoms with Crippen molar-refractivity contribution < 1.29 is 23.7 Å². The Morgan fingerprint density at radius 2 is 1.49 bits per heavy atom. The summed E-state index contributed by atoms with van der Waals surface area (Å²) < 4.78 is 14.5. The van der Waals surface area contributed by atoms with Crippen molar-refractivity contribution in [2.45, 2.75) is 6.54 Å². The standard InChI is InChI=1S/C22H10Cl4FN3O5/c23-16-14-15(17(24)19(26)18(16)25)22(33)29(21(14)32)28(9-11-4-1-2-7-13(11)27)20(31)10-5-3-6-12(8-10)30(34)35/h1-8H,9H2. The van der Waals surface area contributed by atoms with Crippen molar-refractivity contribution in [1.82, 2.24) is 10.0 Å². The lowest BCUT2D eigenvalue weighted by atomic mass is 10.1. The molecule has 0 aromatic heterocycles. The molecule has 0 saturated carbocycles. The van der Waals surface area contributed by atoms with E-state index in [-0.39, 0.29) is 42.3 Å². The Labute approximate surface area is 216 Å². The fourth-order valence-electron chi connectivity index (χ4n) is 3.48. The third-order valence-corrected chi connectivity index (χ3v) is 6.94. The van der Waals surface area contributed by atoms with E-state index in [0.717, 1.165) is 18.2 Å². The lowest BCUT2D eigenvalue weighted by Gasteiger charge is -2.30. The van der Waals surface area contributed by atoms with Crippen LogP contribution in [0.1, 0.15) is 36.6 Å². The van der Waals surface area contributed by atoms with E-state index < -0.39 is 40.7 Å². The molecule has 0 atom stereocenters. The second-order valence-corrected chi connectivity index (χ2v) is 8.70. The molecule has 13 heteroatoms. The van der Waals surface area contributed by atoms with E-state index in [2.05, 4.69) is 0 Å². The maximum Gasteiger partial charge on any atom is 0.282 e. The summed E-state index contributed by atoms with van der Waals surface area (Å²) in [6.45, 7) is -0.587. The largest absolute Gasteiger partial charge is 0.282 e. The number of hydrogen-bond donors (Lipinski definition) is 0. The number of carbonyl (C=O) groups excluding carboxylic acids is 3. The number of hydrazine groups is 1. The summed E-state index contributed by atoms with van der Waals surface area (Å²) in [6, 6.07) is 9.99. The molecule has 4 rings (SSSR count). The van der Waals surface area contributed by atoms with Gasteiger partial charge in [0.1, 0.15) is 5.82 Å². The summed E-state index contributed by atoms with van der Waals surface area (Å²) in [5.74, 6) is -3.85. The molecule has 0 aliphatic carbocycles. The van der Waals surface area contributed by atoms with Gasteiger partial charge in [-0.25, -0.2) is 9.40 Å². The first-order valence-corrected chi connectivity index (χ1v) is 11.1. The number of carbonyl (C=O) groups is 3. The van der Waals surface area contributed by atoms with Crippen molar-refractivity contribution in [2.24, 2.45) is 0 Å². The van der Waals surface area contributed by atoms with Crippen molar-refractivity contribution >= 4 is 69.8 Å². The second kappa shape index (κ2) is 9.43. The minimum atomic E-state index is -1.06. The number of hydrogen-bond acceptors (Lipinski definition) is 5. The summed E-state index contributed by atoms with van der Waals surface area (Å²) in [6.07, 6.45) is 0. The Hall–Kier alpha value is -3.24. The van der Waals surface area contributed by atoms with Crippen LogP contribution in [-0.2, 0) is 6.54 Å². The number of imide groups is 1. The molecule has 0 bridgehead atoms. The molecule has 0 radical (unpaired) electrons. The van der Waals surface area contributed by atoms with E-state index in [1.165, 1.54) is 30.3 Å². The van der Waals surface area contributed by atoms with E-state index in [4.69, 9.17) is 46.4 Å². The maximum atomic E-state index is 14.5. The highest BCUT2D eigenvalue weighted by molar-refractivity contribution is 6.55. The first-order valence-electron chi connectivity index (χ1n) is 9.59. The fraction of sp³-hybridized carbons (Fsp3) is 0.0455. The number of non-ortho nitro benzene ring substituents is 1. The van der Waals surface area contributed by atoms with Crippen molar-refractivity contribution in [3.05, 3.63) is 107 Å². The van der Waals surface area contributed by atoms with Gasteiger partial charge in [-0.3, -0.25) is 24.5 Å². The van der Waals surface area contributed by atoms with Crippen LogP contribution in [0, 0.1) is 15.9 Å². The molecule has 1 heterocycles. The van der Waals surface area contributed by atoms with Crippen molar-refractivity contribution in [3.63, 3.8) is 0 Å². The smallest absolute Gasteiger partial charge is 0.267 e. The van der Waals surface area contributed by atoms with Crippen molar-refractivity contribution in [3.8, 4) is 0 Å². The average molecular weight is 557 g/mol. The van der Waals surface area contributed by atoms with Gasteiger partial charge in [-0.15, -0.1) is 0 Å². The van der Waals surface area contributed by atoms with Crippen molar-refractivity contribution in [2.75, 3.05) is 0 Å². The number of fused-ring (bicyclic) bond motifs is 1. The summed E-state index contributed by atoms with van der Waals surface area (Å²) in [5.41, 5.74) is -1.46. The van der Waals surface area contributed by atoms with Crippen LogP contribution in [0.15, 0.2) is 48.5 Å². The molecule has 3 aromatic carbocycles. The van der Waals surface area contributed by atoms with E-state index in [1.807, 2.05) is 0 Å². The average Bonchev–Trinajstić information content (AvgIpc) is 3.10. The van der Waals surface area contributed by atoms with Gasteiger partial charge >= 0.3 is 0 Å². The van der Waals surface area contributed by atoms with E-state index in [0.29, 0.717) is 10.0 Å². The van der Waals surface area contributed by atoms with E-state index in [9.17, 15) is 28.9 Å². The van der Waals surface area contributed by atoms with E-state index in [1.54, 1.807) is 0 Å². The lowest BCUT2D eigenvalue weighted by Crippen LogP contribution is -2.49. The maximum absolute atomic E-state index is 14.5. The lowest BCUT2D eigenvalue weighted by molar-refractivity contribution is -0.384. The fourth-order valence-corrected chi connectivity index (χ4v) is 4.49. The van der Waals surface area contributed by atoms with Crippen LogP contribution in [0.4, 0.5) is 10.1 Å². The minimum absolute atomic E-state index is 0.0453. The van der Waals surface area contributed by atoms with Crippen LogP contribution in [0.2, 0.25) is 20.1 Å². The number of halogens is 5. The van der Waals surface area contributed by atoms with E-state index >= 15 is 0 Å². The van der Waals surface area contributed by atoms with Crippen LogP contribution < -0.4 is 0 Å². The molecule has 0 fully saturated rings. The van der Waals surface area contributed by atoms with Crippen LogP contribution in [-0.4, -0.2) is 32.7 Å². The molecule has 3 aromatic rings. The van der Waals surface area contributed by atoms with Crippen LogP contribution in [0.3, 0.4) is 0 Å². The van der Waals surface area contributed by atoms with Gasteiger partial charge in [-0.1, -0.05) is 70.7 Å². The number of benzene rings is 3. The third kappa shape index (κ3) is 4.21. The van der Waals surface area contributed by atoms with Gasteiger partial charge in [-0.2, -0.15) is 5.01 Å². The molecule has 0 saturated heterocycles. The minimum Gasteiger partial charge on any atom is -0.267 e. The predicted octanol–water partition coefficient (Wildman–Crippen LogP) is 6.20. The molecule has 0 spiro atoms. The molecule has 1 aliphatic heterocycles. The zero-order chi connectivity index (χ0) is 25.6. The van der Waals surface area contributed by atoms with Crippen LogP contribution >= 0.6 is 46.4 Å². The normalized spacial score (nSPS) is 12.7. The summed E-state index contributed by atoms with van der Waals surface area (Å²) >= 11 is 24.4. The van der Waals surface area contributed by atoms with Gasteiger partial charge in [0.2, 0.25) is 0 Å². The van der Waals surface area contributed by atoms with Gasteiger partial charge in [0, 0.05) is 23.3 Å². The highest BCUT2D eigenvalue weighted by Crippen LogP contribution is 2.45. The van der Waals surface area contributed by atoms with Gasteiger partial charge in [-0.05, 0) is 12.1 Å². The monoisotopic (exact) mass is 555 g/mol. The Morgan fingerprint density at radius 1 is 0.914 bits per heavy atom. The Morgan fingerprint density at radius 3 is 2.03 bits per heavy atom. The number of nitro groups is 1. The highest BCUT2D eigenvalue weighted by Gasteiger charge is 2.46. The Balaban J connectivity index is 1.87. The van der Waals surface area contributed by atoms with Gasteiger partial charge in [0.05, 0.1) is 42.7 Å². The first-order chi connectivity index (χ1) is 16.5. The molecule has 3 amide bonds. The zero-order valence-corrected chi connectivity index (χ0v) is 20.1. The molecular weight excluding hydrogens is 547 g/mol. The number of amides is 3. The Kier molecular flexibility index (Phi) is 6.70. The molecule has 0 unspecified atom stereocenters. The second-order valence-electron chi connectivity index (χ2n) is 7.19. The van der Waals surface area contributed by atoms with Crippen LogP contribution in [0.5, 0.6) is 0 Å². The van der Waals surface area contributed by atoms with Gasteiger partial charge in [0.15, 0.2) is 0 Å². The highest BCUT2D eigenvalue weighted by atomic mass is 35.5.